The third-order valence-corrected chi connectivity index (χ3v) is 1.18. The Labute approximate surface area is 61.6 Å². The number of hydrogen-bond acceptors (Lipinski definition) is 3. The quantitative estimate of drug-likeness (QED) is 0.494. The summed E-state index contributed by atoms with van der Waals surface area (Å²) in [7, 11) is 0. The van der Waals surface area contributed by atoms with Crippen molar-refractivity contribution in [1.29, 1.82) is 5.41 Å². The summed E-state index contributed by atoms with van der Waals surface area (Å²) in [4.78, 5) is 10.3. The minimum Gasteiger partial charge on any atom is -0.476 e. The van der Waals surface area contributed by atoms with E-state index in [1.807, 2.05) is 0 Å². The summed E-state index contributed by atoms with van der Waals surface area (Å²) in [6.07, 6.45) is 0. The van der Waals surface area contributed by atoms with Crippen molar-refractivity contribution in [2.24, 2.45) is 0 Å². The van der Waals surface area contributed by atoms with E-state index >= 15 is 0 Å². The second-order valence-corrected chi connectivity index (χ2v) is 1.91. The molecule has 5 heteroatoms. The molecule has 1 heterocycles. The molecule has 58 valence electrons. The van der Waals surface area contributed by atoms with Gasteiger partial charge in [0.05, 0.1) is 0 Å². The molecule has 0 amide bonds. The highest BCUT2D eigenvalue weighted by Gasteiger charge is 2.06. The van der Waals surface area contributed by atoms with Gasteiger partial charge in [-0.2, -0.15) is 4.73 Å². The molecule has 0 aliphatic heterocycles. The highest BCUT2D eigenvalue weighted by atomic mass is 16.5. The van der Waals surface area contributed by atoms with Gasteiger partial charge in [0.1, 0.15) is 0 Å². The topological polar surface area (TPSA) is 86.3 Å². The van der Waals surface area contributed by atoms with E-state index in [1.165, 1.54) is 18.2 Å². The Hall–Kier alpha value is -1.78. The van der Waals surface area contributed by atoms with E-state index in [9.17, 15) is 4.79 Å². The van der Waals surface area contributed by atoms with Gasteiger partial charge in [-0.3, -0.25) is 5.41 Å². The number of nitrogens with zero attached hydrogens (tertiary/aromatic N) is 1. The largest absolute Gasteiger partial charge is 0.476 e. The van der Waals surface area contributed by atoms with Crippen LogP contribution in [0.15, 0.2) is 18.2 Å². The minimum atomic E-state index is -1.26. The fraction of sp³-hybridized carbons (Fsp3) is 0. The lowest BCUT2D eigenvalue weighted by molar-refractivity contribution is 0.0632. The van der Waals surface area contributed by atoms with Gasteiger partial charge in [0.25, 0.3) is 0 Å². The van der Waals surface area contributed by atoms with E-state index < -0.39 is 5.97 Å². The summed E-state index contributed by atoms with van der Waals surface area (Å²) in [5, 5.41) is 24.3. The predicted molar refractivity (Wildman–Crippen MR) is 34.4 cm³/mol. The maximum Gasteiger partial charge on any atom is 0.356 e. The zero-order valence-electron chi connectivity index (χ0n) is 5.48. The standard InChI is InChI=1S/C6H6N2O3/c7-5-3-1-2-4(6(9)10)8(5)11/h1-3,7,11H,(H,9,10). The first-order valence-electron chi connectivity index (χ1n) is 2.82. The Balaban J connectivity index is 3.39. The molecule has 0 saturated carbocycles. The van der Waals surface area contributed by atoms with Crippen molar-refractivity contribution in [2.75, 3.05) is 0 Å². The molecule has 0 unspecified atom stereocenters. The highest BCUT2D eigenvalue weighted by Crippen LogP contribution is 1.91. The highest BCUT2D eigenvalue weighted by molar-refractivity contribution is 5.85. The zero-order chi connectivity index (χ0) is 8.43. The van der Waals surface area contributed by atoms with Gasteiger partial charge in [0.2, 0.25) is 0 Å². The van der Waals surface area contributed by atoms with Crippen LogP contribution >= 0.6 is 0 Å². The smallest absolute Gasteiger partial charge is 0.356 e. The number of aromatic nitrogens is 1. The summed E-state index contributed by atoms with van der Waals surface area (Å²) >= 11 is 0. The lowest BCUT2D eigenvalue weighted by Gasteiger charge is -2.00. The van der Waals surface area contributed by atoms with Crippen LogP contribution in [0.3, 0.4) is 0 Å². The number of nitrogens with one attached hydrogen (secondary N) is 1. The van der Waals surface area contributed by atoms with Crippen LogP contribution in [0.5, 0.6) is 0 Å². The van der Waals surface area contributed by atoms with Gasteiger partial charge in [-0.1, -0.05) is 6.07 Å². The fourth-order valence-corrected chi connectivity index (χ4v) is 0.663. The van der Waals surface area contributed by atoms with Crippen molar-refractivity contribution in [2.45, 2.75) is 0 Å². The molecule has 0 spiro atoms. The van der Waals surface area contributed by atoms with Crippen LogP contribution in [-0.2, 0) is 0 Å². The minimum absolute atomic E-state index is 0.259. The lowest BCUT2D eigenvalue weighted by atomic mass is 10.3. The molecule has 0 radical (unpaired) electrons. The summed E-state index contributed by atoms with van der Waals surface area (Å²) in [6.45, 7) is 0. The summed E-state index contributed by atoms with van der Waals surface area (Å²) in [5.41, 5.74) is -0.581. The summed E-state index contributed by atoms with van der Waals surface area (Å²) in [6, 6.07) is 3.88. The van der Waals surface area contributed by atoms with Gasteiger partial charge in [-0.15, -0.1) is 0 Å². The number of carbonyl (C=O) groups is 1. The van der Waals surface area contributed by atoms with Crippen LogP contribution in [0.1, 0.15) is 10.5 Å². The van der Waals surface area contributed by atoms with Crippen LogP contribution in [0.4, 0.5) is 0 Å². The van der Waals surface area contributed by atoms with Crippen LogP contribution in [0.2, 0.25) is 0 Å². The number of rotatable bonds is 1. The third kappa shape index (κ3) is 1.21. The third-order valence-electron chi connectivity index (χ3n) is 1.18. The van der Waals surface area contributed by atoms with E-state index in [-0.39, 0.29) is 11.2 Å². The Bertz CT molecular complexity index is 342. The molecule has 3 N–H and O–H groups in total. The molecule has 0 aliphatic carbocycles. The fourth-order valence-electron chi connectivity index (χ4n) is 0.663. The zero-order valence-corrected chi connectivity index (χ0v) is 5.48. The van der Waals surface area contributed by atoms with E-state index in [2.05, 4.69) is 0 Å². The van der Waals surface area contributed by atoms with Crippen LogP contribution in [0.25, 0.3) is 0 Å². The average molecular weight is 154 g/mol. The average Bonchev–Trinajstić information content (AvgIpc) is 1.94. The second-order valence-electron chi connectivity index (χ2n) is 1.91. The van der Waals surface area contributed by atoms with Crippen LogP contribution in [-0.4, -0.2) is 21.0 Å². The van der Waals surface area contributed by atoms with Crippen molar-refractivity contribution in [1.82, 2.24) is 4.73 Å². The molecular weight excluding hydrogens is 148 g/mol. The van der Waals surface area contributed by atoms with Crippen molar-refractivity contribution >= 4 is 5.97 Å². The normalized spacial score (nSPS) is 9.45. The molecule has 11 heavy (non-hydrogen) atoms. The van der Waals surface area contributed by atoms with E-state index in [1.54, 1.807) is 0 Å². The van der Waals surface area contributed by atoms with Crippen LogP contribution < -0.4 is 5.49 Å². The van der Waals surface area contributed by atoms with Gasteiger partial charge in [0, 0.05) is 0 Å². The molecule has 1 aromatic rings. The Morgan fingerprint density at radius 2 is 2.18 bits per heavy atom. The first-order chi connectivity index (χ1) is 5.13. The number of hydrogen-bond donors (Lipinski definition) is 3. The molecular formula is C6H6N2O3. The van der Waals surface area contributed by atoms with Gasteiger partial charge >= 0.3 is 5.97 Å². The molecule has 0 saturated heterocycles. The summed E-state index contributed by atoms with van der Waals surface area (Å²) in [5.74, 6) is -1.26. The van der Waals surface area contributed by atoms with Gasteiger partial charge in [-0.25, -0.2) is 4.79 Å². The first-order valence-corrected chi connectivity index (χ1v) is 2.82. The maximum atomic E-state index is 10.3. The van der Waals surface area contributed by atoms with E-state index in [0.717, 1.165) is 0 Å². The van der Waals surface area contributed by atoms with E-state index in [0.29, 0.717) is 4.73 Å². The molecule has 1 rings (SSSR count). The lowest BCUT2D eigenvalue weighted by Crippen LogP contribution is -2.22. The van der Waals surface area contributed by atoms with Crippen molar-refractivity contribution in [3.05, 3.63) is 29.4 Å². The number of pyridine rings is 1. The van der Waals surface area contributed by atoms with Crippen LogP contribution in [0, 0.1) is 5.41 Å². The Morgan fingerprint density at radius 3 is 2.64 bits per heavy atom. The van der Waals surface area contributed by atoms with Gasteiger partial charge in [0.15, 0.2) is 11.2 Å². The molecule has 0 atom stereocenters. The number of aromatic carboxylic acids is 1. The summed E-state index contributed by atoms with van der Waals surface area (Å²) < 4.78 is 0.308. The Morgan fingerprint density at radius 1 is 1.55 bits per heavy atom. The first kappa shape index (κ1) is 7.33. The Kier molecular flexibility index (Phi) is 1.63. The molecule has 0 aliphatic rings. The maximum absolute atomic E-state index is 10.3. The molecule has 0 aromatic carbocycles. The van der Waals surface area contributed by atoms with Crippen molar-refractivity contribution < 1.29 is 15.1 Å². The number of carboxylic acids is 1. The molecule has 1 aromatic heterocycles. The van der Waals surface area contributed by atoms with Crippen molar-refractivity contribution in [3.8, 4) is 0 Å². The van der Waals surface area contributed by atoms with Gasteiger partial charge < -0.3 is 10.3 Å². The monoisotopic (exact) mass is 154 g/mol. The molecule has 0 bridgehead atoms. The molecule has 5 nitrogen and oxygen atoms in total. The molecule has 0 fully saturated rings. The second kappa shape index (κ2) is 2.45. The van der Waals surface area contributed by atoms with Crippen molar-refractivity contribution in [3.63, 3.8) is 0 Å². The SMILES string of the molecule is N=c1cccc(C(=O)O)n1O. The van der Waals surface area contributed by atoms with E-state index in [4.69, 9.17) is 15.7 Å². The van der Waals surface area contributed by atoms with Gasteiger partial charge in [-0.05, 0) is 12.1 Å². The number of carboxylic acid groups (broad SMARTS) is 1. The predicted octanol–water partition coefficient (Wildman–Crippen LogP) is -0.0969.